The zero-order valence-corrected chi connectivity index (χ0v) is 12.3. The zero-order chi connectivity index (χ0) is 13.1. The zero-order valence-electron chi connectivity index (χ0n) is 9.99. The lowest BCUT2D eigenvalue weighted by molar-refractivity contribution is -0.154. The van der Waals surface area contributed by atoms with E-state index in [9.17, 15) is 4.79 Å². The highest BCUT2D eigenvalue weighted by atomic mass is 79.9. The summed E-state index contributed by atoms with van der Waals surface area (Å²) in [4.78, 5) is 11.4. The molecule has 1 aliphatic rings. The standard InChI is InChI=1S/C13H14BrClO3/c1-2-5-17-13-10(16)7-12(13)18-11-4-3-8(14)6-9(11)15/h3-4,6,12-13H,2,5,7H2,1H3. The van der Waals surface area contributed by atoms with Crippen LogP contribution in [0.1, 0.15) is 19.8 Å². The highest BCUT2D eigenvalue weighted by Gasteiger charge is 2.42. The Morgan fingerprint density at radius 3 is 2.89 bits per heavy atom. The maximum atomic E-state index is 11.4. The first-order chi connectivity index (χ1) is 8.61. The number of ether oxygens (including phenoxy) is 2. The summed E-state index contributed by atoms with van der Waals surface area (Å²) in [6.45, 7) is 2.58. The second-order valence-corrected chi connectivity index (χ2v) is 5.52. The summed E-state index contributed by atoms with van der Waals surface area (Å²) in [5, 5.41) is 0.526. The molecule has 1 aromatic carbocycles. The van der Waals surface area contributed by atoms with Crippen LogP contribution < -0.4 is 4.74 Å². The molecule has 0 aromatic heterocycles. The Kier molecular flexibility index (Phi) is 4.65. The quantitative estimate of drug-likeness (QED) is 0.825. The Labute approximate surface area is 120 Å². The molecule has 0 radical (unpaired) electrons. The SMILES string of the molecule is CCCOC1C(=O)CC1Oc1ccc(Br)cc1Cl. The first kappa shape index (κ1) is 13.8. The number of hydrogen-bond donors (Lipinski definition) is 0. The van der Waals surface area contributed by atoms with Gasteiger partial charge in [-0.25, -0.2) is 0 Å². The third kappa shape index (κ3) is 3.05. The van der Waals surface area contributed by atoms with E-state index in [0.717, 1.165) is 10.9 Å². The third-order valence-electron chi connectivity index (χ3n) is 2.73. The van der Waals surface area contributed by atoms with Gasteiger partial charge in [0.05, 0.1) is 5.02 Å². The van der Waals surface area contributed by atoms with Crippen molar-refractivity contribution in [3.8, 4) is 5.75 Å². The molecule has 5 heteroatoms. The van der Waals surface area contributed by atoms with Gasteiger partial charge in [-0.15, -0.1) is 0 Å². The van der Waals surface area contributed by atoms with Crippen molar-refractivity contribution in [1.82, 2.24) is 0 Å². The third-order valence-corrected chi connectivity index (χ3v) is 3.52. The lowest BCUT2D eigenvalue weighted by Crippen LogP contribution is -2.52. The second-order valence-electron chi connectivity index (χ2n) is 4.19. The van der Waals surface area contributed by atoms with Crippen molar-refractivity contribution >= 4 is 33.3 Å². The first-order valence-corrected chi connectivity index (χ1v) is 7.05. The maximum absolute atomic E-state index is 11.4. The van der Waals surface area contributed by atoms with Gasteiger partial charge < -0.3 is 9.47 Å². The maximum Gasteiger partial charge on any atom is 0.169 e. The van der Waals surface area contributed by atoms with E-state index in [1.807, 2.05) is 13.0 Å². The topological polar surface area (TPSA) is 35.5 Å². The van der Waals surface area contributed by atoms with Crippen molar-refractivity contribution in [3.05, 3.63) is 27.7 Å². The Morgan fingerprint density at radius 2 is 2.28 bits per heavy atom. The molecule has 2 rings (SSSR count). The summed E-state index contributed by atoms with van der Waals surface area (Å²) in [6, 6.07) is 5.40. The van der Waals surface area contributed by atoms with Crippen LogP contribution in [0.5, 0.6) is 5.75 Å². The summed E-state index contributed by atoms with van der Waals surface area (Å²) in [5.41, 5.74) is 0. The Hall–Kier alpha value is -0.580. The highest BCUT2D eigenvalue weighted by molar-refractivity contribution is 9.10. The van der Waals surface area contributed by atoms with Crippen LogP contribution in [-0.4, -0.2) is 24.6 Å². The van der Waals surface area contributed by atoms with E-state index in [-0.39, 0.29) is 11.9 Å². The van der Waals surface area contributed by atoms with E-state index in [4.69, 9.17) is 21.1 Å². The molecule has 2 unspecified atom stereocenters. The normalized spacial score (nSPS) is 22.7. The van der Waals surface area contributed by atoms with Crippen molar-refractivity contribution in [2.75, 3.05) is 6.61 Å². The molecule has 0 saturated heterocycles. The lowest BCUT2D eigenvalue weighted by atomic mass is 9.90. The number of ketones is 1. The van der Waals surface area contributed by atoms with Crippen molar-refractivity contribution < 1.29 is 14.3 Å². The molecule has 0 spiro atoms. The molecule has 1 aliphatic carbocycles. The van der Waals surface area contributed by atoms with Crippen LogP contribution in [0.15, 0.2) is 22.7 Å². The summed E-state index contributed by atoms with van der Waals surface area (Å²) in [6.07, 6.45) is 0.614. The molecule has 0 N–H and O–H groups in total. The molecule has 98 valence electrons. The Bertz CT molecular complexity index is 450. The average Bonchev–Trinajstić information content (AvgIpc) is 2.32. The fraction of sp³-hybridized carbons (Fsp3) is 0.462. The van der Waals surface area contributed by atoms with Crippen molar-refractivity contribution in [3.63, 3.8) is 0 Å². The van der Waals surface area contributed by atoms with Gasteiger partial charge in [-0.05, 0) is 24.6 Å². The summed E-state index contributed by atoms with van der Waals surface area (Å²) < 4.78 is 12.1. The molecule has 3 nitrogen and oxygen atoms in total. The van der Waals surface area contributed by atoms with Gasteiger partial charge in [-0.1, -0.05) is 34.5 Å². The van der Waals surface area contributed by atoms with Crippen LogP contribution in [0.2, 0.25) is 5.02 Å². The molecule has 0 aliphatic heterocycles. The predicted molar refractivity (Wildman–Crippen MR) is 73.2 cm³/mol. The number of rotatable bonds is 5. The molecule has 2 atom stereocenters. The molecule has 1 fully saturated rings. The molecular weight excluding hydrogens is 319 g/mol. The smallest absolute Gasteiger partial charge is 0.169 e. The van der Waals surface area contributed by atoms with Gasteiger partial charge in [0.25, 0.3) is 0 Å². The second kappa shape index (κ2) is 6.04. The fourth-order valence-electron chi connectivity index (χ4n) is 1.75. The number of hydrogen-bond acceptors (Lipinski definition) is 3. The molecular formula is C13H14BrClO3. The van der Waals surface area contributed by atoms with Crippen LogP contribution in [0.3, 0.4) is 0 Å². The van der Waals surface area contributed by atoms with E-state index in [1.54, 1.807) is 12.1 Å². The number of carbonyl (C=O) groups is 1. The van der Waals surface area contributed by atoms with Crippen LogP contribution >= 0.6 is 27.5 Å². The van der Waals surface area contributed by atoms with Crippen LogP contribution in [0.4, 0.5) is 0 Å². The van der Waals surface area contributed by atoms with Gasteiger partial charge in [-0.2, -0.15) is 0 Å². The fourth-order valence-corrected chi connectivity index (χ4v) is 2.47. The van der Waals surface area contributed by atoms with Crippen molar-refractivity contribution in [2.24, 2.45) is 0 Å². The predicted octanol–water partition coefficient (Wildman–Crippen LogP) is 3.62. The van der Waals surface area contributed by atoms with E-state index in [1.165, 1.54) is 0 Å². The van der Waals surface area contributed by atoms with Crippen LogP contribution in [0.25, 0.3) is 0 Å². The lowest BCUT2D eigenvalue weighted by Gasteiger charge is -2.34. The van der Waals surface area contributed by atoms with E-state index in [2.05, 4.69) is 15.9 Å². The van der Waals surface area contributed by atoms with E-state index in [0.29, 0.717) is 23.8 Å². The number of Topliss-reactive ketones (excluding diaryl/α,β-unsaturated/α-hetero) is 1. The van der Waals surface area contributed by atoms with Crippen molar-refractivity contribution in [1.29, 1.82) is 0 Å². The van der Waals surface area contributed by atoms with Crippen molar-refractivity contribution in [2.45, 2.75) is 32.0 Å². The largest absolute Gasteiger partial charge is 0.485 e. The van der Waals surface area contributed by atoms with Gasteiger partial charge in [0, 0.05) is 17.5 Å². The van der Waals surface area contributed by atoms with Crippen LogP contribution in [0, 0.1) is 0 Å². The van der Waals surface area contributed by atoms with Gasteiger partial charge in [-0.3, -0.25) is 4.79 Å². The first-order valence-electron chi connectivity index (χ1n) is 5.88. The summed E-state index contributed by atoms with van der Waals surface area (Å²) in [5.74, 6) is 0.684. The molecule has 18 heavy (non-hydrogen) atoms. The molecule has 1 saturated carbocycles. The monoisotopic (exact) mass is 332 g/mol. The summed E-state index contributed by atoms with van der Waals surface area (Å²) in [7, 11) is 0. The minimum atomic E-state index is -0.440. The van der Waals surface area contributed by atoms with Gasteiger partial charge >= 0.3 is 0 Å². The van der Waals surface area contributed by atoms with E-state index >= 15 is 0 Å². The van der Waals surface area contributed by atoms with Gasteiger partial charge in [0.2, 0.25) is 0 Å². The van der Waals surface area contributed by atoms with Crippen LogP contribution in [-0.2, 0) is 9.53 Å². The number of carbonyl (C=O) groups excluding carboxylic acids is 1. The number of benzene rings is 1. The summed E-state index contributed by atoms with van der Waals surface area (Å²) >= 11 is 9.39. The molecule has 0 bridgehead atoms. The minimum Gasteiger partial charge on any atom is -0.485 e. The van der Waals surface area contributed by atoms with Gasteiger partial charge in [0.15, 0.2) is 11.9 Å². The number of halogens is 2. The molecule has 0 amide bonds. The minimum absolute atomic E-state index is 0.0988. The average molecular weight is 334 g/mol. The molecule has 1 aromatic rings. The highest BCUT2D eigenvalue weighted by Crippen LogP contribution is 2.32. The Morgan fingerprint density at radius 1 is 1.50 bits per heavy atom. The van der Waals surface area contributed by atoms with Gasteiger partial charge in [0.1, 0.15) is 11.9 Å². The Balaban J connectivity index is 1.99. The molecule has 0 heterocycles. The van der Waals surface area contributed by atoms with E-state index < -0.39 is 6.10 Å².